The van der Waals surface area contributed by atoms with Crippen molar-refractivity contribution in [2.75, 3.05) is 13.2 Å². The van der Waals surface area contributed by atoms with Gasteiger partial charge in [0.1, 0.15) is 6.61 Å². The smallest absolute Gasteiger partial charge is 0.338 e. The maximum absolute atomic E-state index is 13.2. The maximum Gasteiger partial charge on any atom is 0.338 e. The van der Waals surface area contributed by atoms with E-state index in [0.717, 1.165) is 33.2 Å². The fraction of sp³-hybridized carbons (Fsp3) is 0.286. The van der Waals surface area contributed by atoms with Gasteiger partial charge in [-0.05, 0) is 49.4 Å². The Labute approximate surface area is 216 Å². The van der Waals surface area contributed by atoms with Crippen molar-refractivity contribution < 1.29 is 14.3 Å². The number of benzene rings is 1. The van der Waals surface area contributed by atoms with Crippen LogP contribution in [-0.2, 0) is 20.7 Å². The highest BCUT2D eigenvalue weighted by Gasteiger charge is 2.41. The minimum atomic E-state index is -0.447. The number of amides is 1. The number of esters is 1. The number of carbonyl (C=O) groups is 2. The predicted molar refractivity (Wildman–Crippen MR) is 143 cm³/mol. The first-order chi connectivity index (χ1) is 17.4. The van der Waals surface area contributed by atoms with Gasteiger partial charge in [-0.25, -0.2) is 9.79 Å². The van der Waals surface area contributed by atoms with Crippen molar-refractivity contribution in [3.63, 3.8) is 0 Å². The monoisotopic (exact) mass is 502 g/mol. The Morgan fingerprint density at radius 3 is 2.81 bits per heavy atom. The molecule has 0 spiro atoms. The minimum Gasteiger partial charge on any atom is -0.458 e. The quantitative estimate of drug-likeness (QED) is 0.394. The number of nitrogens with one attached hydrogen (secondary N) is 1. The molecule has 0 radical (unpaired) electrons. The van der Waals surface area contributed by atoms with Gasteiger partial charge in [0.15, 0.2) is 5.17 Å². The number of pyridine rings is 1. The molecule has 7 nitrogen and oxygen atoms in total. The Hall–Kier alpha value is -3.65. The molecule has 0 saturated carbocycles. The molecule has 1 aromatic heterocycles. The van der Waals surface area contributed by atoms with E-state index in [0.29, 0.717) is 24.2 Å². The Bertz CT molecular complexity index is 1270. The highest BCUT2D eigenvalue weighted by Crippen LogP contribution is 2.45. The van der Waals surface area contributed by atoms with Crippen LogP contribution in [0.25, 0.3) is 0 Å². The van der Waals surface area contributed by atoms with Crippen molar-refractivity contribution in [2.45, 2.75) is 39.7 Å². The van der Waals surface area contributed by atoms with Crippen LogP contribution < -0.4 is 5.32 Å². The molecule has 8 heteroatoms. The number of aliphatic imine (C=N–C) groups is 1. The molecular formula is C28H30N4O3S. The highest BCUT2D eigenvalue weighted by molar-refractivity contribution is 8.16. The fourth-order valence-corrected chi connectivity index (χ4v) is 5.26. The van der Waals surface area contributed by atoms with Crippen molar-refractivity contribution >= 4 is 28.8 Å². The van der Waals surface area contributed by atoms with Crippen LogP contribution in [-0.4, -0.2) is 40.1 Å². The number of fused-ring (bicyclic) bond motifs is 1. The molecule has 1 amide bonds. The van der Waals surface area contributed by atoms with Crippen LogP contribution in [0.15, 0.2) is 82.6 Å². The molecule has 2 aliphatic heterocycles. The standard InChI is InChI=1S/C28H30N4O3S/c1-5-14-35-27(34)25-20(4)31-28-32(26(25)23-15-18(2)9-10-19(23)3)22(17-36-28)16-24(33)30-13-11-21-8-6-7-12-29-21/h5-10,12,15,17,26H,1,11,13-14,16H2,2-4H3,(H,30,33)/t26-/m1/s1. The van der Waals surface area contributed by atoms with Crippen LogP contribution >= 0.6 is 11.8 Å². The summed E-state index contributed by atoms with van der Waals surface area (Å²) in [6.45, 7) is 10.1. The third kappa shape index (κ3) is 5.60. The van der Waals surface area contributed by atoms with E-state index in [1.54, 1.807) is 12.3 Å². The van der Waals surface area contributed by atoms with E-state index in [4.69, 9.17) is 9.73 Å². The molecule has 2 aliphatic rings. The number of allylic oxidation sites excluding steroid dienone is 1. The van der Waals surface area contributed by atoms with Gasteiger partial charge >= 0.3 is 5.97 Å². The number of hydrogen-bond acceptors (Lipinski definition) is 7. The molecule has 3 heterocycles. The topological polar surface area (TPSA) is 83.9 Å². The Morgan fingerprint density at radius 1 is 1.22 bits per heavy atom. The fourth-order valence-electron chi connectivity index (χ4n) is 4.29. The van der Waals surface area contributed by atoms with Crippen LogP contribution in [0, 0.1) is 13.8 Å². The Morgan fingerprint density at radius 2 is 2.06 bits per heavy atom. The zero-order chi connectivity index (χ0) is 25.7. The van der Waals surface area contributed by atoms with Gasteiger partial charge in [-0.1, -0.05) is 54.2 Å². The number of amidine groups is 1. The van der Waals surface area contributed by atoms with Gasteiger partial charge in [0.05, 0.1) is 23.7 Å². The van der Waals surface area contributed by atoms with Crippen molar-refractivity contribution in [3.8, 4) is 0 Å². The number of thioether (sulfide) groups is 1. The average molecular weight is 503 g/mol. The number of rotatable bonds is 9. The summed E-state index contributed by atoms with van der Waals surface area (Å²) in [6.07, 6.45) is 4.12. The van der Waals surface area contributed by atoms with Gasteiger partial charge in [-0.2, -0.15) is 0 Å². The van der Waals surface area contributed by atoms with Gasteiger partial charge in [-0.3, -0.25) is 9.78 Å². The summed E-state index contributed by atoms with van der Waals surface area (Å²) in [6, 6.07) is 11.5. The molecule has 0 fully saturated rings. The van der Waals surface area contributed by atoms with Gasteiger partial charge < -0.3 is 15.0 Å². The predicted octanol–water partition coefficient (Wildman–Crippen LogP) is 4.75. The third-order valence-electron chi connectivity index (χ3n) is 6.05. The molecular weight excluding hydrogens is 472 g/mol. The first-order valence-corrected chi connectivity index (χ1v) is 12.7. The molecule has 36 heavy (non-hydrogen) atoms. The second kappa shape index (κ2) is 11.4. The molecule has 0 bridgehead atoms. The number of hydrogen-bond donors (Lipinski definition) is 1. The lowest BCUT2D eigenvalue weighted by Gasteiger charge is -2.37. The van der Waals surface area contributed by atoms with Crippen LogP contribution in [0.1, 0.15) is 41.8 Å². The van der Waals surface area contributed by atoms with Crippen molar-refractivity contribution in [3.05, 3.63) is 100 Å². The molecule has 0 saturated heterocycles. The van der Waals surface area contributed by atoms with Gasteiger partial charge in [0.25, 0.3) is 0 Å². The first kappa shape index (κ1) is 25.4. The third-order valence-corrected chi connectivity index (χ3v) is 6.94. The van der Waals surface area contributed by atoms with E-state index < -0.39 is 12.0 Å². The van der Waals surface area contributed by atoms with E-state index in [1.807, 2.05) is 55.3 Å². The van der Waals surface area contributed by atoms with Crippen molar-refractivity contribution in [2.24, 2.45) is 4.99 Å². The second-order valence-electron chi connectivity index (χ2n) is 8.74. The molecule has 4 rings (SSSR count). The zero-order valence-electron chi connectivity index (χ0n) is 20.8. The van der Waals surface area contributed by atoms with E-state index >= 15 is 0 Å². The largest absolute Gasteiger partial charge is 0.458 e. The molecule has 1 N–H and O–H groups in total. The first-order valence-electron chi connectivity index (χ1n) is 11.8. The van der Waals surface area contributed by atoms with Gasteiger partial charge in [0.2, 0.25) is 5.91 Å². The summed E-state index contributed by atoms with van der Waals surface area (Å²) in [5.74, 6) is -0.530. The summed E-state index contributed by atoms with van der Waals surface area (Å²) < 4.78 is 5.46. The van der Waals surface area contributed by atoms with Gasteiger partial charge in [0, 0.05) is 30.6 Å². The highest BCUT2D eigenvalue weighted by atomic mass is 32.2. The van der Waals surface area contributed by atoms with E-state index in [2.05, 4.69) is 29.0 Å². The van der Waals surface area contributed by atoms with Crippen LogP contribution in [0.2, 0.25) is 0 Å². The summed E-state index contributed by atoms with van der Waals surface area (Å²) in [5.41, 5.74) is 5.92. The Kier molecular flexibility index (Phi) is 8.05. The molecule has 1 aromatic carbocycles. The molecule has 1 atom stereocenters. The Balaban J connectivity index is 1.59. The lowest BCUT2D eigenvalue weighted by atomic mass is 9.90. The van der Waals surface area contributed by atoms with E-state index in [-0.39, 0.29) is 18.9 Å². The number of carbonyl (C=O) groups excluding carboxylic acids is 2. The van der Waals surface area contributed by atoms with Crippen molar-refractivity contribution in [1.82, 2.24) is 15.2 Å². The molecule has 0 unspecified atom stereocenters. The SMILES string of the molecule is C=CCOC(=O)C1=C(C)N=C2SC=C(CC(=O)NCCc3ccccn3)N2[C@@H]1c1cc(C)ccc1C. The number of ether oxygens (including phenoxy) is 1. The summed E-state index contributed by atoms with van der Waals surface area (Å²) in [5, 5.41) is 5.68. The second-order valence-corrected chi connectivity index (χ2v) is 9.57. The van der Waals surface area contributed by atoms with E-state index in [9.17, 15) is 9.59 Å². The van der Waals surface area contributed by atoms with E-state index in [1.165, 1.54) is 11.8 Å². The van der Waals surface area contributed by atoms with Gasteiger partial charge in [-0.15, -0.1) is 0 Å². The van der Waals surface area contributed by atoms with Crippen molar-refractivity contribution in [1.29, 1.82) is 0 Å². The minimum absolute atomic E-state index is 0.0965. The summed E-state index contributed by atoms with van der Waals surface area (Å²) in [4.78, 5) is 37.1. The number of aryl methyl sites for hydroxylation is 2. The zero-order valence-corrected chi connectivity index (χ0v) is 21.6. The molecule has 186 valence electrons. The summed E-state index contributed by atoms with van der Waals surface area (Å²) in [7, 11) is 0. The lowest BCUT2D eigenvalue weighted by molar-refractivity contribution is -0.138. The lowest BCUT2D eigenvalue weighted by Crippen LogP contribution is -2.38. The van der Waals surface area contributed by atoms with Crippen LogP contribution in [0.4, 0.5) is 0 Å². The van der Waals surface area contributed by atoms with Crippen LogP contribution in [0.5, 0.6) is 0 Å². The summed E-state index contributed by atoms with van der Waals surface area (Å²) >= 11 is 1.46. The normalized spacial score (nSPS) is 16.8. The average Bonchev–Trinajstić information content (AvgIpc) is 3.25. The number of nitrogens with zero attached hydrogens (tertiary/aromatic N) is 3. The number of aromatic nitrogens is 1. The van der Waals surface area contributed by atoms with Crippen LogP contribution in [0.3, 0.4) is 0 Å². The molecule has 0 aliphatic carbocycles. The molecule has 2 aromatic rings. The maximum atomic E-state index is 13.2.